The van der Waals surface area contributed by atoms with Crippen molar-refractivity contribution in [1.82, 2.24) is 15.1 Å². The number of anilines is 2. The molecule has 2 bridgehead atoms. The van der Waals surface area contributed by atoms with Gasteiger partial charge in [0.2, 0.25) is 0 Å². The Morgan fingerprint density at radius 3 is 2.64 bits per heavy atom. The molecule has 1 aromatic carbocycles. The van der Waals surface area contributed by atoms with Crippen LogP contribution in [-0.2, 0) is 0 Å². The summed E-state index contributed by atoms with van der Waals surface area (Å²) in [6, 6.07) is 8.88. The number of nitrogens with one attached hydrogen (secondary N) is 2. The summed E-state index contributed by atoms with van der Waals surface area (Å²) in [5, 5.41) is 7.43. The van der Waals surface area contributed by atoms with Gasteiger partial charge in [0.15, 0.2) is 5.11 Å². The molecule has 0 amide bonds. The minimum Gasteiger partial charge on any atom is -0.378 e. The van der Waals surface area contributed by atoms with Crippen LogP contribution >= 0.6 is 12.2 Å². The lowest BCUT2D eigenvalue weighted by molar-refractivity contribution is -0.00646. The van der Waals surface area contributed by atoms with E-state index >= 15 is 0 Å². The summed E-state index contributed by atoms with van der Waals surface area (Å²) < 4.78 is 0. The predicted molar refractivity (Wildman–Crippen MR) is 123 cm³/mol. The van der Waals surface area contributed by atoms with Gasteiger partial charge in [0.25, 0.3) is 0 Å². The van der Waals surface area contributed by atoms with Crippen LogP contribution in [0.5, 0.6) is 0 Å². The number of nitrogens with zero attached hydrogens (tertiary/aromatic N) is 3. The highest BCUT2D eigenvalue weighted by Crippen LogP contribution is 2.36. The molecule has 1 aromatic rings. The molecule has 4 rings (SSSR count). The first-order valence-electron chi connectivity index (χ1n) is 10.1. The fourth-order valence-electron chi connectivity index (χ4n) is 4.52. The molecular weight excluding hydrogens is 366 g/mol. The van der Waals surface area contributed by atoms with Gasteiger partial charge in [-0.05, 0) is 74.8 Å². The van der Waals surface area contributed by atoms with Crippen LogP contribution in [0.25, 0.3) is 0 Å². The number of thiocarbonyl (C=S) groups is 1. The van der Waals surface area contributed by atoms with Crippen molar-refractivity contribution in [2.75, 3.05) is 64.1 Å². The Morgan fingerprint density at radius 1 is 1.29 bits per heavy atom. The van der Waals surface area contributed by atoms with Gasteiger partial charge in [-0.25, -0.2) is 0 Å². The van der Waals surface area contributed by atoms with Gasteiger partial charge in [0.1, 0.15) is 0 Å². The Kier molecular flexibility index (Phi) is 7.17. The van der Waals surface area contributed by atoms with Gasteiger partial charge in [0.05, 0.1) is 6.54 Å². The van der Waals surface area contributed by atoms with Gasteiger partial charge in [0, 0.05) is 51.1 Å². The van der Waals surface area contributed by atoms with Crippen molar-refractivity contribution in [1.29, 1.82) is 0 Å². The second-order valence-electron chi connectivity index (χ2n) is 8.37. The van der Waals surface area contributed by atoms with Crippen LogP contribution in [0, 0.1) is 24.2 Å². The SMILES string of the molecule is C#CCN(C)C[C@H]1CN2CC[C@H]1C[C@@H]2CNC(=S)Nc1ccc(N(C)C)cc1. The number of terminal acetylenes is 1. The molecule has 0 radical (unpaired) electrons. The zero-order valence-electron chi connectivity index (χ0n) is 17.3. The van der Waals surface area contributed by atoms with Gasteiger partial charge in [-0.3, -0.25) is 9.80 Å². The zero-order valence-corrected chi connectivity index (χ0v) is 18.1. The molecule has 3 fully saturated rings. The average molecular weight is 400 g/mol. The normalized spacial score (nSPS) is 26.0. The molecule has 3 aliphatic heterocycles. The maximum Gasteiger partial charge on any atom is 0.170 e. The molecule has 3 aliphatic rings. The van der Waals surface area contributed by atoms with Crippen molar-refractivity contribution in [3.05, 3.63) is 24.3 Å². The van der Waals surface area contributed by atoms with Crippen molar-refractivity contribution in [2.45, 2.75) is 18.9 Å². The molecule has 0 aliphatic carbocycles. The minimum absolute atomic E-state index is 0.573. The van der Waals surface area contributed by atoms with Gasteiger partial charge in [-0.1, -0.05) is 5.92 Å². The summed E-state index contributed by atoms with van der Waals surface area (Å²) in [6.45, 7) is 5.14. The number of benzene rings is 1. The smallest absolute Gasteiger partial charge is 0.170 e. The quantitative estimate of drug-likeness (QED) is 0.541. The number of hydrogen-bond acceptors (Lipinski definition) is 4. The second kappa shape index (κ2) is 9.60. The van der Waals surface area contributed by atoms with Crippen molar-refractivity contribution in [3.63, 3.8) is 0 Å². The molecule has 0 saturated carbocycles. The molecule has 28 heavy (non-hydrogen) atoms. The zero-order chi connectivity index (χ0) is 20.1. The third-order valence-corrected chi connectivity index (χ3v) is 6.31. The molecule has 5 nitrogen and oxygen atoms in total. The van der Waals surface area contributed by atoms with Gasteiger partial charge in [-0.15, -0.1) is 6.42 Å². The lowest BCUT2D eigenvalue weighted by atomic mass is 9.75. The number of piperidine rings is 3. The summed E-state index contributed by atoms with van der Waals surface area (Å²) in [7, 11) is 6.21. The lowest BCUT2D eigenvalue weighted by Crippen LogP contribution is -2.58. The fourth-order valence-corrected chi connectivity index (χ4v) is 4.72. The summed E-state index contributed by atoms with van der Waals surface area (Å²) >= 11 is 5.51. The van der Waals surface area contributed by atoms with Crippen molar-refractivity contribution in [2.24, 2.45) is 11.8 Å². The number of rotatable bonds is 7. The van der Waals surface area contributed by atoms with Crippen LogP contribution in [0.3, 0.4) is 0 Å². The molecule has 152 valence electrons. The van der Waals surface area contributed by atoms with Gasteiger partial charge >= 0.3 is 0 Å². The van der Waals surface area contributed by atoms with E-state index in [0.29, 0.717) is 11.2 Å². The van der Waals surface area contributed by atoms with E-state index in [1.54, 1.807) is 0 Å². The van der Waals surface area contributed by atoms with Crippen molar-refractivity contribution in [3.8, 4) is 12.3 Å². The van der Waals surface area contributed by atoms with E-state index in [-0.39, 0.29) is 0 Å². The minimum atomic E-state index is 0.573. The monoisotopic (exact) mass is 399 g/mol. The maximum absolute atomic E-state index is 5.51. The van der Waals surface area contributed by atoms with E-state index in [1.807, 2.05) is 14.1 Å². The molecule has 6 heteroatoms. The molecule has 0 aromatic heterocycles. The third kappa shape index (κ3) is 5.38. The Morgan fingerprint density at radius 2 is 2.04 bits per heavy atom. The van der Waals surface area contributed by atoms with E-state index in [4.69, 9.17) is 18.6 Å². The average Bonchev–Trinajstić information content (AvgIpc) is 2.68. The first-order valence-corrected chi connectivity index (χ1v) is 10.6. The Balaban J connectivity index is 1.44. The first-order chi connectivity index (χ1) is 13.5. The third-order valence-electron chi connectivity index (χ3n) is 6.06. The number of hydrogen-bond donors (Lipinski definition) is 2. The van der Waals surface area contributed by atoms with Gasteiger partial charge in [-0.2, -0.15) is 0 Å². The van der Waals surface area contributed by atoms with Gasteiger partial charge < -0.3 is 15.5 Å². The highest BCUT2D eigenvalue weighted by molar-refractivity contribution is 7.80. The van der Waals surface area contributed by atoms with Crippen LogP contribution in [0.4, 0.5) is 11.4 Å². The molecule has 4 atom stereocenters. The highest BCUT2D eigenvalue weighted by atomic mass is 32.1. The molecule has 3 saturated heterocycles. The topological polar surface area (TPSA) is 33.8 Å². The summed E-state index contributed by atoms with van der Waals surface area (Å²) in [4.78, 5) is 7.00. The van der Waals surface area contributed by atoms with Crippen LogP contribution in [0.15, 0.2) is 24.3 Å². The molecular formula is C22H33N5S. The molecule has 0 spiro atoms. The van der Waals surface area contributed by atoms with E-state index in [2.05, 4.69) is 62.6 Å². The van der Waals surface area contributed by atoms with E-state index < -0.39 is 0 Å². The number of fused-ring (bicyclic) bond motifs is 3. The highest BCUT2D eigenvalue weighted by Gasteiger charge is 2.40. The lowest BCUT2D eigenvalue weighted by Gasteiger charge is -2.50. The molecule has 3 heterocycles. The fraction of sp³-hybridized carbons (Fsp3) is 0.591. The summed E-state index contributed by atoms with van der Waals surface area (Å²) in [5.41, 5.74) is 2.20. The van der Waals surface area contributed by atoms with E-state index in [0.717, 1.165) is 37.2 Å². The molecule has 2 N–H and O–H groups in total. The Labute approximate surface area is 175 Å². The van der Waals surface area contributed by atoms with Crippen LogP contribution < -0.4 is 15.5 Å². The van der Waals surface area contributed by atoms with Crippen molar-refractivity contribution < 1.29 is 0 Å². The van der Waals surface area contributed by atoms with E-state index in [1.165, 1.54) is 31.6 Å². The van der Waals surface area contributed by atoms with Crippen molar-refractivity contribution >= 4 is 28.7 Å². The summed E-state index contributed by atoms with van der Waals surface area (Å²) in [5.74, 6) is 4.29. The predicted octanol–water partition coefficient (Wildman–Crippen LogP) is 2.31. The van der Waals surface area contributed by atoms with Crippen LogP contribution in [0.1, 0.15) is 12.8 Å². The summed E-state index contributed by atoms with van der Waals surface area (Å²) in [6.07, 6.45) is 8.01. The maximum atomic E-state index is 5.51. The van der Waals surface area contributed by atoms with E-state index in [9.17, 15) is 0 Å². The molecule has 1 unspecified atom stereocenters. The van der Waals surface area contributed by atoms with Crippen LogP contribution in [0.2, 0.25) is 0 Å². The Bertz CT molecular complexity index is 696. The largest absolute Gasteiger partial charge is 0.378 e. The Hall–Kier alpha value is -1.81. The second-order valence-corrected chi connectivity index (χ2v) is 8.78. The first kappa shape index (κ1) is 20.9. The van der Waals surface area contributed by atoms with Crippen LogP contribution in [-0.4, -0.2) is 74.8 Å². The standard InChI is InChI=1S/C22H33N5S/c1-5-11-26(4)15-18-16-27-12-10-17(18)13-21(27)14-23-22(28)24-19-6-8-20(9-7-19)25(2)3/h1,6-9,17-18,21H,10-16H2,2-4H3,(H2,23,24,28)/t17-,18-,21+/m0/s1.